The molecule has 3 heterocycles. The smallest absolute Gasteiger partial charge is 0.419 e. The second kappa shape index (κ2) is 29.3. The Hall–Kier alpha value is -7.03. The number of aromatic nitrogens is 1. The SMILES string of the molecule is Cc1c(C)c(S(=O)(=O)NC(N)=NCCC[C@H](NC(=O)[C@H](Cc2cn(C(=O)OC(C)(C)C)c3ccccc23)NC(=O)[C@@H](CC2CCC(O)CC2)NC(=O)[C@@H]2C[C@@H](OC(C)(C)C)CN2)C(=O)NCCC[C@H](NC(=O)OC(C)(C)C)C(=O)O)c(C)c2c1OC(C)(C)C2. The number of benzene rings is 2. The lowest BCUT2D eigenvalue weighted by Gasteiger charge is -2.30. The predicted molar refractivity (Wildman–Crippen MR) is 335 cm³/mol. The van der Waals surface area contributed by atoms with Gasteiger partial charge < -0.3 is 66.8 Å². The van der Waals surface area contributed by atoms with Gasteiger partial charge in [-0.05, 0) is 195 Å². The van der Waals surface area contributed by atoms with Gasteiger partial charge in [0.15, 0.2) is 0 Å². The highest BCUT2D eigenvalue weighted by Crippen LogP contribution is 2.44. The van der Waals surface area contributed by atoms with E-state index in [2.05, 4.69) is 41.6 Å². The van der Waals surface area contributed by atoms with Gasteiger partial charge in [0, 0.05) is 49.6 Å². The highest BCUT2D eigenvalue weighted by atomic mass is 32.2. The average molecular weight is 1270 g/mol. The number of aliphatic carboxylic acids is 1. The Labute approximate surface area is 522 Å². The molecule has 1 aliphatic carbocycles. The van der Waals surface area contributed by atoms with E-state index in [1.54, 1.807) is 86.6 Å². The number of carboxylic acids is 1. The number of aliphatic imine (C=N–C) groups is 1. The van der Waals surface area contributed by atoms with E-state index in [0.717, 1.165) is 5.56 Å². The van der Waals surface area contributed by atoms with Crippen LogP contribution in [0.1, 0.15) is 168 Å². The fraction of sp³-hybridized carbons (Fsp3) is 0.651. The van der Waals surface area contributed by atoms with Gasteiger partial charge in [-0.25, -0.2) is 27.5 Å². The number of hydrogen-bond acceptors (Lipinski definition) is 16. The first-order valence-electron chi connectivity index (χ1n) is 30.8. The fourth-order valence-corrected chi connectivity index (χ4v) is 13.1. The number of sulfonamides is 1. The van der Waals surface area contributed by atoms with Crippen LogP contribution >= 0.6 is 0 Å². The maximum Gasteiger partial charge on any atom is 0.419 e. The van der Waals surface area contributed by atoms with Gasteiger partial charge in [-0.3, -0.25) is 28.7 Å². The van der Waals surface area contributed by atoms with Gasteiger partial charge in [0.05, 0.1) is 34.3 Å². The molecule has 0 radical (unpaired) electrons. The first-order valence-corrected chi connectivity index (χ1v) is 32.3. The van der Waals surface area contributed by atoms with Crippen molar-refractivity contribution in [1.29, 1.82) is 0 Å². The van der Waals surface area contributed by atoms with Crippen molar-refractivity contribution in [2.45, 2.75) is 244 Å². The molecular weight excluding hydrogens is 1170 g/mol. The van der Waals surface area contributed by atoms with Crippen LogP contribution in [0, 0.1) is 26.7 Å². The molecule has 3 aliphatic rings. The molecule has 6 atom stereocenters. The number of nitrogens with zero attached hydrogens (tertiary/aromatic N) is 2. The number of nitrogens with one attached hydrogen (secondary N) is 7. The van der Waals surface area contributed by atoms with Crippen molar-refractivity contribution in [2.75, 3.05) is 19.6 Å². The van der Waals surface area contributed by atoms with Crippen LogP contribution < -0.4 is 47.1 Å². The largest absolute Gasteiger partial charge is 0.487 e. The molecule has 494 valence electrons. The van der Waals surface area contributed by atoms with E-state index in [0.29, 0.717) is 84.0 Å². The number of alkyl carbamates (subject to hydrolysis) is 1. The normalized spacial score (nSPS) is 20.0. The van der Waals surface area contributed by atoms with E-state index in [4.69, 9.17) is 24.7 Å². The van der Waals surface area contributed by atoms with Crippen LogP contribution in [0.5, 0.6) is 5.75 Å². The number of rotatable bonds is 24. The lowest BCUT2D eigenvalue weighted by Crippen LogP contribution is -2.58. The molecule has 5 amide bonds. The number of aliphatic hydroxyl groups excluding tert-OH is 1. The lowest BCUT2D eigenvalue weighted by molar-refractivity contribution is -0.139. The summed E-state index contributed by atoms with van der Waals surface area (Å²) in [5.41, 5.74) is 6.80. The molecule has 89 heavy (non-hydrogen) atoms. The van der Waals surface area contributed by atoms with Gasteiger partial charge in [-0.15, -0.1) is 0 Å². The fourth-order valence-electron chi connectivity index (χ4n) is 11.5. The molecule has 1 aromatic heterocycles. The summed E-state index contributed by atoms with van der Waals surface area (Å²) in [6.07, 6.45) is 1.83. The zero-order valence-electron chi connectivity index (χ0n) is 54.2. The number of carboxylic acid groups (broad SMARTS) is 1. The molecule has 11 N–H and O–H groups in total. The first kappa shape index (κ1) is 71.1. The molecule has 2 aliphatic heterocycles. The predicted octanol–water partition coefficient (Wildman–Crippen LogP) is 5.49. The van der Waals surface area contributed by atoms with Crippen LogP contribution in [-0.2, 0) is 61.0 Å². The molecule has 2 aromatic carbocycles. The molecule has 2 fully saturated rings. The average Bonchev–Trinajstić information content (AvgIpc) is 1.72. The molecule has 3 aromatic rings. The van der Waals surface area contributed by atoms with Gasteiger partial charge in [0.2, 0.25) is 29.6 Å². The van der Waals surface area contributed by atoms with Crippen LogP contribution in [0.25, 0.3) is 10.9 Å². The number of ether oxygens (including phenoxy) is 4. The number of nitrogens with two attached hydrogens (primary N) is 1. The Balaban J connectivity index is 1.30. The summed E-state index contributed by atoms with van der Waals surface area (Å²) in [6, 6.07) is 0.818. The van der Waals surface area contributed by atoms with Crippen molar-refractivity contribution >= 4 is 68.7 Å². The van der Waals surface area contributed by atoms with Crippen molar-refractivity contribution in [3.63, 3.8) is 0 Å². The molecule has 0 bridgehead atoms. The van der Waals surface area contributed by atoms with Crippen LogP contribution in [-0.4, -0.2) is 155 Å². The van der Waals surface area contributed by atoms with Gasteiger partial charge in [-0.2, -0.15) is 0 Å². The maximum atomic E-state index is 15.2. The number of amides is 5. The standard InChI is InChI=1S/C63H96N10O15S/c1-35-36(2)51(37(3)43-32-63(13,14)86-50(35)43)89(83,84)72-57(64)66-28-17-20-44(52(75)65-27-18-21-45(56(79)80)71-58(81)87-61(7,8)9)68-55(78)48(30-39-34-73(59(82)88-62(10,11)12)49-22-16-15-19-42(39)49)70-54(77)47(29-38-23-25-40(74)26-24-38)69-53(76)46-31-41(33-67-46)85-60(4,5)6/h15-16,19,22,34,38,40-41,44-48,67,74H,17-18,20-21,23-33H2,1-14H3,(H,65,75)(H,68,78)(H,69,76)(H,70,77)(H,71,81)(H,79,80)(H3,64,66,72)/t38?,40?,41-,44+,45+,46+,47-,48+/m1/s1. The zero-order valence-corrected chi connectivity index (χ0v) is 55.0. The molecule has 0 spiro atoms. The van der Waals surface area contributed by atoms with E-state index in [1.165, 1.54) is 10.8 Å². The van der Waals surface area contributed by atoms with Gasteiger partial charge in [-0.1, -0.05) is 18.2 Å². The van der Waals surface area contributed by atoms with Crippen LogP contribution in [0.4, 0.5) is 9.59 Å². The van der Waals surface area contributed by atoms with Crippen molar-refractivity contribution < 1.29 is 71.1 Å². The number of carbonyl (C=O) groups is 7. The van der Waals surface area contributed by atoms with Crippen LogP contribution in [0.15, 0.2) is 40.4 Å². The summed E-state index contributed by atoms with van der Waals surface area (Å²) in [5.74, 6) is -3.92. The van der Waals surface area contributed by atoms with Crippen molar-refractivity contribution in [1.82, 2.24) is 41.2 Å². The maximum absolute atomic E-state index is 15.2. The number of fused-ring (bicyclic) bond motifs is 2. The van der Waals surface area contributed by atoms with Crippen molar-refractivity contribution in [3.05, 3.63) is 58.3 Å². The quantitative estimate of drug-likeness (QED) is 0.0301. The number of para-hydroxylation sites is 1. The summed E-state index contributed by atoms with van der Waals surface area (Å²) >= 11 is 0. The number of carbonyl (C=O) groups excluding carboxylic acids is 6. The molecule has 1 saturated carbocycles. The summed E-state index contributed by atoms with van der Waals surface area (Å²) < 4.78 is 55.1. The minimum atomic E-state index is -4.28. The third-order valence-corrected chi connectivity index (χ3v) is 17.3. The monoisotopic (exact) mass is 1260 g/mol. The molecule has 26 heteroatoms. The molecular formula is C63H96N10O15S. The summed E-state index contributed by atoms with van der Waals surface area (Å²) in [7, 11) is -4.28. The summed E-state index contributed by atoms with van der Waals surface area (Å²) in [6.45, 7) is 25.0. The third kappa shape index (κ3) is 20.5. The summed E-state index contributed by atoms with van der Waals surface area (Å²) in [5, 5.41) is 37.9. The first-order chi connectivity index (χ1) is 41.3. The highest BCUT2D eigenvalue weighted by molar-refractivity contribution is 7.90. The molecule has 6 rings (SSSR count). The molecule has 25 nitrogen and oxygen atoms in total. The van der Waals surface area contributed by atoms with Gasteiger partial charge in [0.25, 0.3) is 10.0 Å². The Morgan fingerprint density at radius 2 is 1.43 bits per heavy atom. The van der Waals surface area contributed by atoms with E-state index in [9.17, 15) is 42.6 Å². The van der Waals surface area contributed by atoms with Crippen molar-refractivity contribution in [3.8, 4) is 5.75 Å². The zero-order chi connectivity index (χ0) is 66.1. The number of aliphatic hydroxyl groups is 1. The molecule has 0 unspecified atom stereocenters. The van der Waals surface area contributed by atoms with Gasteiger partial charge >= 0.3 is 18.2 Å². The van der Waals surface area contributed by atoms with E-state index in [1.807, 2.05) is 34.6 Å². The minimum Gasteiger partial charge on any atom is -0.487 e. The molecule has 1 saturated heterocycles. The Bertz CT molecular complexity index is 3220. The Morgan fingerprint density at radius 1 is 0.798 bits per heavy atom. The summed E-state index contributed by atoms with van der Waals surface area (Å²) in [4.78, 5) is 102. The Kier molecular flexibility index (Phi) is 23.4. The number of guanidine groups is 1. The van der Waals surface area contributed by atoms with Crippen molar-refractivity contribution in [2.24, 2.45) is 16.6 Å². The topological polar surface area (TPSA) is 359 Å². The third-order valence-electron chi connectivity index (χ3n) is 15.7. The van der Waals surface area contributed by atoms with E-state index < -0.39 is 116 Å². The second-order valence-electron chi connectivity index (χ2n) is 27.4. The Morgan fingerprint density at radius 3 is 2.07 bits per heavy atom. The highest BCUT2D eigenvalue weighted by Gasteiger charge is 2.39. The van der Waals surface area contributed by atoms with E-state index >= 15 is 9.59 Å². The minimum absolute atomic E-state index is 0.0333. The van der Waals surface area contributed by atoms with Gasteiger partial charge in [0.1, 0.15) is 46.7 Å². The van der Waals surface area contributed by atoms with Crippen LogP contribution in [0.3, 0.4) is 0 Å². The van der Waals surface area contributed by atoms with E-state index in [-0.39, 0.29) is 68.5 Å². The second-order valence-corrected chi connectivity index (χ2v) is 29.0. The van der Waals surface area contributed by atoms with Crippen LogP contribution in [0.2, 0.25) is 0 Å². The lowest BCUT2D eigenvalue weighted by atomic mass is 9.83. The number of hydrogen-bond donors (Lipinski definition) is 10.